The normalized spacial score (nSPS) is 38.1. The van der Waals surface area contributed by atoms with Gasteiger partial charge < -0.3 is 112 Å². The van der Waals surface area contributed by atoms with Gasteiger partial charge in [-0.3, -0.25) is 0 Å². The lowest BCUT2D eigenvalue weighted by molar-refractivity contribution is -0.381. The van der Waals surface area contributed by atoms with Crippen molar-refractivity contribution in [2.75, 3.05) is 66.6 Å². The SMILES string of the molecule is CCCCOC1[C@@H](O[C@@H]2OC(CO)[C@@H](O[C@@H]3OC(C(=O)O)[C@@H](O[C@H]4OC(CO)[C@@H](OCCCC)[C@H](OCCCC)C4N=[N+]=[N-])C(OCCCC)[C@@H]3OCCCC)[C@H](O)C2N=[N+]=[N-])C(C(=O)O)O[C@@H](O[C@@H]2C(CO)O[C@H](OC)C(C)[C@H]2OCCCC)[C@H]1O. The molecule has 31 nitrogen and oxygen atoms in total. The quantitative estimate of drug-likeness (QED) is 0.0199. The summed E-state index contributed by atoms with van der Waals surface area (Å²) in [5.74, 6) is -3.72. The zero-order chi connectivity index (χ0) is 63.6. The van der Waals surface area contributed by atoms with Crippen LogP contribution in [0.1, 0.15) is 126 Å². The second-order valence-corrected chi connectivity index (χ2v) is 22.2. The molecule has 0 aromatic rings. The molecule has 0 radical (unpaired) electrons. The van der Waals surface area contributed by atoms with E-state index in [1.54, 1.807) is 6.92 Å². The first-order chi connectivity index (χ1) is 42.1. The fraction of sp³-hybridized carbons (Fsp3) is 0.964. The Morgan fingerprint density at radius 3 is 1.26 bits per heavy atom. The topological polar surface area (TPSA) is 421 Å². The number of unbranched alkanes of at least 4 members (excludes halogenated alkanes) is 6. The zero-order valence-corrected chi connectivity index (χ0v) is 51.4. The highest BCUT2D eigenvalue weighted by molar-refractivity contribution is 5.74. The van der Waals surface area contributed by atoms with Gasteiger partial charge in [-0.15, -0.1) is 0 Å². The largest absolute Gasteiger partial charge is 0.479 e. The van der Waals surface area contributed by atoms with E-state index < -0.39 is 185 Å². The van der Waals surface area contributed by atoms with Crippen LogP contribution in [0.3, 0.4) is 0 Å². The lowest BCUT2D eigenvalue weighted by Crippen LogP contribution is -2.69. The van der Waals surface area contributed by atoms with E-state index in [2.05, 4.69) is 20.1 Å². The van der Waals surface area contributed by atoms with Crippen molar-refractivity contribution in [2.45, 2.75) is 273 Å². The van der Waals surface area contributed by atoms with Crippen LogP contribution in [0.5, 0.6) is 0 Å². The van der Waals surface area contributed by atoms with Gasteiger partial charge in [-0.1, -0.05) is 97.2 Å². The Bertz CT molecular complexity index is 2070. The minimum absolute atomic E-state index is 0.0217. The lowest BCUT2D eigenvalue weighted by Gasteiger charge is -2.51. The van der Waals surface area contributed by atoms with E-state index in [4.69, 9.17) is 75.8 Å². The van der Waals surface area contributed by atoms with Gasteiger partial charge in [-0.25, -0.2) is 9.59 Å². The van der Waals surface area contributed by atoms with Crippen LogP contribution in [0.2, 0.25) is 0 Å². The van der Waals surface area contributed by atoms with E-state index in [1.165, 1.54) is 7.11 Å². The van der Waals surface area contributed by atoms with Gasteiger partial charge >= 0.3 is 11.9 Å². The van der Waals surface area contributed by atoms with Crippen LogP contribution in [0.15, 0.2) is 10.2 Å². The number of aliphatic hydroxyl groups is 5. The van der Waals surface area contributed by atoms with Crippen molar-refractivity contribution in [3.8, 4) is 0 Å². The van der Waals surface area contributed by atoms with E-state index in [-0.39, 0.29) is 39.6 Å². The molecular formula is C56H98N6O25. The summed E-state index contributed by atoms with van der Waals surface area (Å²) in [6.45, 7) is 12.0. The Labute approximate surface area is 508 Å². The minimum atomic E-state index is -2.04. The van der Waals surface area contributed by atoms with Gasteiger partial charge in [-0.2, -0.15) is 0 Å². The molecule has 0 aromatic heterocycles. The molecule has 502 valence electrons. The third-order valence-corrected chi connectivity index (χ3v) is 15.9. The molecule has 0 spiro atoms. The second-order valence-electron chi connectivity index (χ2n) is 22.2. The van der Waals surface area contributed by atoms with Crippen LogP contribution in [-0.4, -0.2) is 262 Å². The molecule has 0 amide bonds. The molecule has 5 aliphatic rings. The summed E-state index contributed by atoms with van der Waals surface area (Å²) in [5.41, 5.74) is 20.0. The van der Waals surface area contributed by atoms with Crippen molar-refractivity contribution < 1.29 is 121 Å². The molecule has 0 saturated carbocycles. The number of carboxylic acid groups (broad SMARTS) is 2. The summed E-state index contributed by atoms with van der Waals surface area (Å²) >= 11 is 0. The van der Waals surface area contributed by atoms with Gasteiger partial charge in [0.25, 0.3) is 0 Å². The highest BCUT2D eigenvalue weighted by Crippen LogP contribution is 2.40. The minimum Gasteiger partial charge on any atom is -0.479 e. The first-order valence-corrected chi connectivity index (χ1v) is 31.0. The van der Waals surface area contributed by atoms with E-state index >= 15 is 0 Å². The fourth-order valence-electron chi connectivity index (χ4n) is 11.0. The Kier molecular flexibility index (Phi) is 33.5. The molecule has 5 fully saturated rings. The summed E-state index contributed by atoms with van der Waals surface area (Å²) in [6.07, 6.45) is -25.9. The van der Waals surface area contributed by atoms with Gasteiger partial charge in [0.05, 0.1) is 38.1 Å². The third-order valence-electron chi connectivity index (χ3n) is 15.9. The monoisotopic (exact) mass is 1250 g/mol. The predicted molar refractivity (Wildman–Crippen MR) is 301 cm³/mol. The maximum atomic E-state index is 13.6. The van der Waals surface area contributed by atoms with Crippen molar-refractivity contribution in [1.29, 1.82) is 0 Å². The summed E-state index contributed by atoms with van der Waals surface area (Å²) in [7, 11) is 1.43. The highest BCUT2D eigenvalue weighted by atomic mass is 16.8. The van der Waals surface area contributed by atoms with Gasteiger partial charge in [0.15, 0.2) is 43.7 Å². The van der Waals surface area contributed by atoms with E-state index in [9.17, 15) is 56.4 Å². The van der Waals surface area contributed by atoms with Crippen LogP contribution in [0, 0.1) is 5.92 Å². The van der Waals surface area contributed by atoms with Crippen molar-refractivity contribution in [3.05, 3.63) is 20.9 Å². The molecular weight excluding hydrogens is 1160 g/mol. The Morgan fingerprint density at radius 1 is 0.425 bits per heavy atom. The van der Waals surface area contributed by atoms with Crippen molar-refractivity contribution in [3.63, 3.8) is 0 Å². The molecule has 5 aliphatic heterocycles. The predicted octanol–water partition coefficient (Wildman–Crippen LogP) is 3.77. The summed E-state index contributed by atoms with van der Waals surface area (Å²) < 4.78 is 100. The summed E-state index contributed by atoms with van der Waals surface area (Å²) in [5, 5.41) is 86.5. The lowest BCUT2D eigenvalue weighted by atomic mass is 9.91. The Hall–Kier alpha value is -3.28. The molecule has 5 saturated heterocycles. The smallest absolute Gasteiger partial charge is 0.335 e. The van der Waals surface area contributed by atoms with Crippen molar-refractivity contribution in [2.24, 2.45) is 16.1 Å². The highest BCUT2D eigenvalue weighted by Gasteiger charge is 2.60. The molecule has 0 aliphatic carbocycles. The number of hydrogen-bond donors (Lipinski definition) is 7. The second kappa shape index (κ2) is 39.2. The van der Waals surface area contributed by atoms with Crippen LogP contribution in [0.25, 0.3) is 20.9 Å². The number of carbonyl (C=O) groups is 2. The molecule has 0 bridgehead atoms. The molecule has 87 heavy (non-hydrogen) atoms. The number of rotatable bonds is 40. The Morgan fingerprint density at radius 2 is 0.793 bits per heavy atom. The van der Waals surface area contributed by atoms with E-state index in [0.717, 1.165) is 19.3 Å². The van der Waals surface area contributed by atoms with Crippen LogP contribution >= 0.6 is 0 Å². The number of aliphatic carboxylic acids is 2. The zero-order valence-electron chi connectivity index (χ0n) is 51.4. The van der Waals surface area contributed by atoms with Gasteiger partial charge in [0, 0.05) is 62.5 Å². The molecule has 5 rings (SSSR count). The summed E-state index contributed by atoms with van der Waals surface area (Å²) in [4.78, 5) is 32.9. The van der Waals surface area contributed by atoms with Crippen molar-refractivity contribution in [1.82, 2.24) is 0 Å². The average Bonchev–Trinajstić information content (AvgIpc) is 0.909. The number of hydrogen-bond acceptors (Lipinski definition) is 25. The average molecular weight is 1260 g/mol. The molecule has 7 N–H and O–H groups in total. The number of aliphatic hydroxyl groups excluding tert-OH is 5. The standard InChI is InChI=1S/C56H98N6O25/c1-9-15-21-73-38-30(7)52(72-8)79-33(29-65)41(38)83-55-37(67)43(76-24-18-12-4)45(47(86-55)50(68)69)84-53-34(59-61-57)36(66)39(31(27-63)80-53)82-56-49(78-26-20-14-6)44(77-25-19-13-5)46(48(87-56)51(70)71)85-54-35(60-62-58)42(75-23-17-11-3)40(32(28-64)81-54)74-22-16-10-2/h30-49,52-56,63-67H,9-29H2,1-8H3,(H,68,69)(H,70,71)/t30?,31?,32?,33?,34?,35?,36-,37+,38-,39-,40-,41-,42-,43?,44?,45-,46+,47?,48?,49+,52+,53+,54-,55-,56-/m1/s1. The summed E-state index contributed by atoms with van der Waals surface area (Å²) in [6, 6.07) is -3.17. The molecule has 0 aromatic carbocycles. The van der Waals surface area contributed by atoms with Crippen LogP contribution in [-0.2, 0) is 85.4 Å². The van der Waals surface area contributed by atoms with E-state index in [1.807, 2.05) is 41.5 Å². The molecule has 10 unspecified atom stereocenters. The van der Waals surface area contributed by atoms with Crippen molar-refractivity contribution >= 4 is 11.9 Å². The number of carboxylic acids is 2. The first kappa shape index (κ1) is 74.4. The number of ether oxygens (including phenoxy) is 16. The van der Waals surface area contributed by atoms with Gasteiger partial charge in [-0.05, 0) is 49.6 Å². The molecule has 25 atom stereocenters. The van der Waals surface area contributed by atoms with Crippen LogP contribution < -0.4 is 0 Å². The number of methoxy groups -OCH3 is 1. The third kappa shape index (κ3) is 19.9. The number of nitrogens with zero attached hydrogens (tertiary/aromatic N) is 6. The molecule has 31 heteroatoms. The van der Waals surface area contributed by atoms with E-state index in [0.29, 0.717) is 57.8 Å². The van der Waals surface area contributed by atoms with Crippen LogP contribution in [0.4, 0.5) is 0 Å². The molecule has 5 heterocycles. The number of azide groups is 2. The van der Waals surface area contributed by atoms with Gasteiger partial charge in [0.2, 0.25) is 0 Å². The maximum Gasteiger partial charge on any atom is 0.335 e. The fourth-order valence-corrected chi connectivity index (χ4v) is 11.0. The first-order valence-electron chi connectivity index (χ1n) is 31.0. The maximum absolute atomic E-state index is 13.6. The Balaban J connectivity index is 1.50. The van der Waals surface area contributed by atoms with Gasteiger partial charge in [0.1, 0.15) is 85.3 Å².